The van der Waals surface area contributed by atoms with Crippen molar-refractivity contribution in [2.45, 2.75) is 46.5 Å². The summed E-state index contributed by atoms with van der Waals surface area (Å²) in [6.45, 7) is 9.77. The molecule has 1 heterocycles. The Balaban J connectivity index is 2.72. The second kappa shape index (κ2) is 8.01. The lowest BCUT2D eigenvalue weighted by Crippen LogP contribution is -2.50. The van der Waals surface area contributed by atoms with Crippen LogP contribution < -0.4 is 5.32 Å². The van der Waals surface area contributed by atoms with Crippen molar-refractivity contribution in [3.05, 3.63) is 0 Å². The molecular weight excluding hydrogens is 286 g/mol. The SMILES string of the molecule is CCCC1(C)CCCN(C(=NCCS(C)(=O)=O)NCC)C1. The summed E-state index contributed by atoms with van der Waals surface area (Å²) in [6, 6.07) is 0. The van der Waals surface area contributed by atoms with Gasteiger partial charge >= 0.3 is 0 Å². The molecule has 1 unspecified atom stereocenters. The van der Waals surface area contributed by atoms with Gasteiger partial charge in [-0.05, 0) is 31.6 Å². The highest BCUT2D eigenvalue weighted by Crippen LogP contribution is 2.33. The predicted octanol–water partition coefficient (Wildman–Crippen LogP) is 1.90. The summed E-state index contributed by atoms with van der Waals surface area (Å²) in [5.74, 6) is 0.977. The monoisotopic (exact) mass is 317 g/mol. The summed E-state index contributed by atoms with van der Waals surface area (Å²) >= 11 is 0. The van der Waals surface area contributed by atoms with E-state index in [0.29, 0.717) is 12.0 Å². The fraction of sp³-hybridized carbons (Fsp3) is 0.933. The lowest BCUT2D eigenvalue weighted by atomic mass is 9.78. The zero-order valence-electron chi connectivity index (χ0n) is 14.0. The van der Waals surface area contributed by atoms with Gasteiger partial charge in [0.15, 0.2) is 5.96 Å². The summed E-state index contributed by atoms with van der Waals surface area (Å²) < 4.78 is 22.5. The molecule has 6 heteroatoms. The first-order valence-corrected chi connectivity index (χ1v) is 10.1. The number of hydrogen-bond acceptors (Lipinski definition) is 3. The van der Waals surface area contributed by atoms with Crippen LogP contribution in [0.4, 0.5) is 0 Å². The number of guanidine groups is 1. The Morgan fingerprint density at radius 3 is 2.67 bits per heavy atom. The van der Waals surface area contributed by atoms with Crippen LogP contribution in [0.2, 0.25) is 0 Å². The topological polar surface area (TPSA) is 61.8 Å². The summed E-state index contributed by atoms with van der Waals surface area (Å²) in [5, 5.41) is 3.30. The lowest BCUT2D eigenvalue weighted by Gasteiger charge is -2.42. The van der Waals surface area contributed by atoms with Gasteiger partial charge in [-0.3, -0.25) is 4.99 Å². The van der Waals surface area contributed by atoms with Crippen molar-refractivity contribution >= 4 is 15.8 Å². The van der Waals surface area contributed by atoms with E-state index in [1.807, 2.05) is 6.92 Å². The molecule has 1 atom stereocenters. The van der Waals surface area contributed by atoms with E-state index in [0.717, 1.165) is 25.6 Å². The van der Waals surface area contributed by atoms with Crippen molar-refractivity contribution in [3.8, 4) is 0 Å². The molecule has 0 aromatic heterocycles. The maximum Gasteiger partial charge on any atom is 0.193 e. The molecule has 5 nitrogen and oxygen atoms in total. The molecule has 0 saturated carbocycles. The Kier molecular flexibility index (Phi) is 6.97. The largest absolute Gasteiger partial charge is 0.357 e. The smallest absolute Gasteiger partial charge is 0.193 e. The molecular formula is C15H31N3O2S. The van der Waals surface area contributed by atoms with E-state index < -0.39 is 9.84 Å². The van der Waals surface area contributed by atoms with Crippen molar-refractivity contribution in [3.63, 3.8) is 0 Å². The number of nitrogens with zero attached hydrogens (tertiary/aromatic N) is 2. The van der Waals surface area contributed by atoms with E-state index in [-0.39, 0.29) is 5.75 Å². The second-order valence-corrected chi connectivity index (χ2v) is 8.71. The minimum atomic E-state index is -2.95. The highest BCUT2D eigenvalue weighted by atomic mass is 32.2. The van der Waals surface area contributed by atoms with Crippen molar-refractivity contribution in [2.75, 3.05) is 38.2 Å². The Morgan fingerprint density at radius 1 is 1.38 bits per heavy atom. The van der Waals surface area contributed by atoms with Crippen LogP contribution in [-0.2, 0) is 9.84 Å². The molecule has 0 amide bonds. The quantitative estimate of drug-likeness (QED) is 0.600. The number of aliphatic imine (C=N–C) groups is 1. The van der Waals surface area contributed by atoms with Gasteiger partial charge in [-0.25, -0.2) is 8.42 Å². The Morgan fingerprint density at radius 2 is 2.10 bits per heavy atom. The van der Waals surface area contributed by atoms with Crippen LogP contribution in [-0.4, -0.2) is 57.5 Å². The van der Waals surface area contributed by atoms with Crippen molar-refractivity contribution < 1.29 is 8.42 Å². The maximum atomic E-state index is 11.2. The minimum Gasteiger partial charge on any atom is -0.357 e. The number of rotatable bonds is 6. The van der Waals surface area contributed by atoms with Gasteiger partial charge in [0, 0.05) is 25.9 Å². The molecule has 0 aromatic rings. The van der Waals surface area contributed by atoms with Crippen molar-refractivity contribution in [2.24, 2.45) is 10.4 Å². The molecule has 0 radical (unpaired) electrons. The number of nitrogens with one attached hydrogen (secondary N) is 1. The van der Waals surface area contributed by atoms with Crippen LogP contribution in [0.3, 0.4) is 0 Å². The van der Waals surface area contributed by atoms with Crippen LogP contribution in [0.25, 0.3) is 0 Å². The molecule has 1 fully saturated rings. The van der Waals surface area contributed by atoms with Gasteiger partial charge in [0.05, 0.1) is 12.3 Å². The number of likely N-dealkylation sites (tertiary alicyclic amines) is 1. The summed E-state index contributed by atoms with van der Waals surface area (Å²) in [4.78, 5) is 6.80. The molecule has 0 aliphatic carbocycles. The first-order chi connectivity index (χ1) is 9.79. The van der Waals surface area contributed by atoms with E-state index in [2.05, 4.69) is 29.1 Å². The number of hydrogen-bond donors (Lipinski definition) is 1. The molecule has 21 heavy (non-hydrogen) atoms. The van der Waals surface area contributed by atoms with Crippen LogP contribution >= 0.6 is 0 Å². The van der Waals surface area contributed by atoms with Gasteiger partial charge in [-0.2, -0.15) is 0 Å². The molecule has 0 aromatic carbocycles. The van der Waals surface area contributed by atoms with Gasteiger partial charge in [-0.15, -0.1) is 0 Å². The van der Waals surface area contributed by atoms with Gasteiger partial charge in [-0.1, -0.05) is 20.3 Å². The van der Waals surface area contributed by atoms with Gasteiger partial charge < -0.3 is 10.2 Å². The first kappa shape index (κ1) is 18.3. The normalized spacial score (nSPS) is 24.2. The standard InChI is InChI=1S/C15H31N3O2S/c1-5-8-15(3)9-7-11-18(13-15)14(16-6-2)17-10-12-21(4,19)20/h5-13H2,1-4H3,(H,16,17). The predicted molar refractivity (Wildman–Crippen MR) is 89.5 cm³/mol. The second-order valence-electron chi connectivity index (χ2n) is 6.45. The van der Waals surface area contributed by atoms with Gasteiger partial charge in [0.1, 0.15) is 9.84 Å². The van der Waals surface area contributed by atoms with E-state index in [9.17, 15) is 8.42 Å². The third kappa shape index (κ3) is 6.68. The molecule has 1 N–H and O–H groups in total. The minimum absolute atomic E-state index is 0.113. The van der Waals surface area contributed by atoms with E-state index in [4.69, 9.17) is 0 Å². The fourth-order valence-corrected chi connectivity index (χ4v) is 3.47. The lowest BCUT2D eigenvalue weighted by molar-refractivity contribution is 0.142. The van der Waals surface area contributed by atoms with E-state index in [1.54, 1.807) is 0 Å². The average Bonchev–Trinajstić information content (AvgIpc) is 2.36. The third-order valence-corrected chi connectivity index (χ3v) is 4.92. The molecule has 1 saturated heterocycles. The molecule has 124 valence electrons. The van der Waals surface area contributed by atoms with Crippen LogP contribution in [0.15, 0.2) is 4.99 Å². The molecule has 1 aliphatic heterocycles. The molecule has 0 bridgehead atoms. The average molecular weight is 317 g/mol. The van der Waals surface area contributed by atoms with Crippen molar-refractivity contribution in [1.29, 1.82) is 0 Å². The summed E-state index contributed by atoms with van der Waals surface area (Å²) in [7, 11) is -2.95. The maximum absolute atomic E-state index is 11.2. The van der Waals surface area contributed by atoms with Crippen LogP contribution in [0.1, 0.15) is 46.5 Å². The summed E-state index contributed by atoms with van der Waals surface area (Å²) in [6.07, 6.45) is 6.13. The Labute approximate surface area is 130 Å². The Hall–Kier alpha value is -0.780. The fourth-order valence-electron chi connectivity index (χ4n) is 3.05. The van der Waals surface area contributed by atoms with Gasteiger partial charge in [0.2, 0.25) is 0 Å². The first-order valence-electron chi connectivity index (χ1n) is 8.00. The zero-order valence-corrected chi connectivity index (χ0v) is 14.8. The van der Waals surface area contributed by atoms with E-state index >= 15 is 0 Å². The molecule has 0 spiro atoms. The van der Waals surface area contributed by atoms with Crippen molar-refractivity contribution in [1.82, 2.24) is 10.2 Å². The van der Waals surface area contributed by atoms with Crippen LogP contribution in [0, 0.1) is 5.41 Å². The van der Waals surface area contributed by atoms with E-state index in [1.165, 1.54) is 31.9 Å². The molecule has 1 rings (SSSR count). The Bertz CT molecular complexity index is 444. The third-order valence-electron chi connectivity index (χ3n) is 3.99. The summed E-state index contributed by atoms with van der Waals surface area (Å²) in [5.41, 5.74) is 0.347. The highest BCUT2D eigenvalue weighted by molar-refractivity contribution is 7.90. The van der Waals surface area contributed by atoms with Crippen LogP contribution in [0.5, 0.6) is 0 Å². The number of sulfone groups is 1. The highest BCUT2D eigenvalue weighted by Gasteiger charge is 2.31. The zero-order chi connectivity index (χ0) is 15.9. The van der Waals surface area contributed by atoms with Gasteiger partial charge in [0.25, 0.3) is 0 Å². The molecule has 1 aliphatic rings. The number of piperidine rings is 1.